The number of carbonyl (C=O) groups excluding carboxylic acids is 2. The van der Waals surface area contributed by atoms with E-state index in [-0.39, 0.29) is 11.8 Å². The van der Waals surface area contributed by atoms with E-state index in [1.807, 2.05) is 63.2 Å². The van der Waals surface area contributed by atoms with Gasteiger partial charge in [-0.3, -0.25) is 9.59 Å². The molecule has 32 heavy (non-hydrogen) atoms. The van der Waals surface area contributed by atoms with Crippen LogP contribution < -0.4 is 14.8 Å². The van der Waals surface area contributed by atoms with E-state index >= 15 is 0 Å². The van der Waals surface area contributed by atoms with E-state index in [2.05, 4.69) is 5.32 Å². The summed E-state index contributed by atoms with van der Waals surface area (Å²) in [4.78, 5) is 27.6. The van der Waals surface area contributed by atoms with Crippen molar-refractivity contribution >= 4 is 11.8 Å². The highest BCUT2D eigenvalue weighted by molar-refractivity contribution is 5.87. The van der Waals surface area contributed by atoms with Crippen molar-refractivity contribution in [3.63, 3.8) is 0 Å². The quantitative estimate of drug-likeness (QED) is 0.570. The van der Waals surface area contributed by atoms with Gasteiger partial charge in [0.15, 0.2) is 11.5 Å². The number of rotatable bonds is 11. The Kier molecular flexibility index (Phi) is 9.57. The second-order valence-electron chi connectivity index (χ2n) is 8.51. The topological polar surface area (TPSA) is 67.9 Å². The van der Waals surface area contributed by atoms with Crippen molar-refractivity contribution in [1.29, 1.82) is 0 Å². The largest absolute Gasteiger partial charge is 0.493 e. The number of methoxy groups -OCH3 is 2. The number of hydrogen-bond donors (Lipinski definition) is 1. The first-order chi connectivity index (χ1) is 15.2. The van der Waals surface area contributed by atoms with Gasteiger partial charge in [-0.15, -0.1) is 0 Å². The van der Waals surface area contributed by atoms with Crippen molar-refractivity contribution in [2.75, 3.05) is 20.8 Å². The molecule has 0 saturated heterocycles. The first kappa shape index (κ1) is 25.2. The first-order valence-corrected chi connectivity index (χ1v) is 11.1. The van der Waals surface area contributed by atoms with Crippen LogP contribution in [0.5, 0.6) is 11.5 Å². The van der Waals surface area contributed by atoms with Crippen molar-refractivity contribution in [1.82, 2.24) is 10.2 Å². The van der Waals surface area contributed by atoms with Crippen LogP contribution in [0.3, 0.4) is 0 Å². The molecule has 6 heteroatoms. The molecule has 2 rings (SSSR count). The van der Waals surface area contributed by atoms with Gasteiger partial charge in [0.1, 0.15) is 6.04 Å². The van der Waals surface area contributed by atoms with Crippen molar-refractivity contribution < 1.29 is 19.1 Å². The van der Waals surface area contributed by atoms with Gasteiger partial charge >= 0.3 is 0 Å². The summed E-state index contributed by atoms with van der Waals surface area (Å²) < 4.78 is 10.6. The molecule has 6 nitrogen and oxygen atoms in total. The minimum Gasteiger partial charge on any atom is -0.493 e. The summed E-state index contributed by atoms with van der Waals surface area (Å²) in [6.07, 6.45) is 0.840. The lowest BCUT2D eigenvalue weighted by Crippen LogP contribution is -2.48. The maximum absolute atomic E-state index is 13.2. The maximum atomic E-state index is 13.2. The number of nitrogens with one attached hydrogen (secondary N) is 1. The van der Waals surface area contributed by atoms with Gasteiger partial charge in [0.2, 0.25) is 11.8 Å². The fourth-order valence-corrected chi connectivity index (χ4v) is 3.36. The maximum Gasteiger partial charge on any atom is 0.242 e. The Morgan fingerprint density at radius 3 is 2.16 bits per heavy atom. The second-order valence-corrected chi connectivity index (χ2v) is 8.51. The predicted octanol–water partition coefficient (Wildman–Crippen LogP) is 4.13. The minimum atomic E-state index is -0.562. The smallest absolute Gasteiger partial charge is 0.242 e. The molecule has 0 fully saturated rings. The molecule has 1 N–H and O–H groups in total. The van der Waals surface area contributed by atoms with Crippen molar-refractivity contribution in [3.8, 4) is 11.5 Å². The molecule has 2 aromatic carbocycles. The third kappa shape index (κ3) is 7.29. The van der Waals surface area contributed by atoms with Crippen LogP contribution in [0.4, 0.5) is 0 Å². The molecule has 2 amide bonds. The van der Waals surface area contributed by atoms with Crippen molar-refractivity contribution in [2.45, 2.75) is 53.1 Å². The molecule has 0 aliphatic carbocycles. The van der Waals surface area contributed by atoms with Crippen LogP contribution in [0.25, 0.3) is 0 Å². The standard InChI is InChI=1S/C26H36N2O4/c1-18(2)16-27-26(30)20(4)28(17-22-9-7-19(3)8-10-22)25(29)14-12-21-11-13-23(31-5)24(15-21)32-6/h7-11,13,15,18,20H,12,14,16-17H2,1-6H3,(H,27,30). The van der Waals surface area contributed by atoms with E-state index in [1.165, 1.54) is 0 Å². The third-order valence-corrected chi connectivity index (χ3v) is 5.40. The Labute approximate surface area is 191 Å². The fraction of sp³-hybridized carbons (Fsp3) is 0.462. The number of aryl methyl sites for hydroxylation is 2. The van der Waals surface area contributed by atoms with E-state index in [1.54, 1.807) is 26.0 Å². The summed E-state index contributed by atoms with van der Waals surface area (Å²) in [5, 5.41) is 2.95. The zero-order valence-electron chi connectivity index (χ0n) is 20.1. The van der Waals surface area contributed by atoms with Gasteiger partial charge in [-0.1, -0.05) is 49.7 Å². The summed E-state index contributed by atoms with van der Waals surface area (Å²) in [5.41, 5.74) is 3.13. The fourth-order valence-electron chi connectivity index (χ4n) is 3.36. The molecular formula is C26H36N2O4. The molecular weight excluding hydrogens is 404 g/mol. The lowest BCUT2D eigenvalue weighted by Gasteiger charge is -2.29. The van der Waals surface area contributed by atoms with E-state index < -0.39 is 6.04 Å². The lowest BCUT2D eigenvalue weighted by atomic mass is 10.1. The molecule has 2 aromatic rings. The van der Waals surface area contributed by atoms with Crippen LogP contribution in [-0.4, -0.2) is 43.5 Å². The molecule has 0 aliphatic heterocycles. The van der Waals surface area contributed by atoms with Crippen molar-refractivity contribution in [3.05, 3.63) is 59.2 Å². The van der Waals surface area contributed by atoms with Crippen LogP contribution in [0.1, 0.15) is 43.9 Å². The Balaban J connectivity index is 2.15. The highest BCUT2D eigenvalue weighted by atomic mass is 16.5. The van der Waals surface area contributed by atoms with Crippen molar-refractivity contribution in [2.24, 2.45) is 5.92 Å². The highest BCUT2D eigenvalue weighted by Gasteiger charge is 2.26. The Bertz CT molecular complexity index is 893. The lowest BCUT2D eigenvalue weighted by molar-refractivity contribution is -0.140. The number of carbonyl (C=O) groups is 2. The Morgan fingerprint density at radius 2 is 1.56 bits per heavy atom. The molecule has 0 radical (unpaired) electrons. The van der Waals surface area contributed by atoms with Gasteiger partial charge in [0, 0.05) is 19.5 Å². The average Bonchev–Trinajstić information content (AvgIpc) is 2.79. The average molecular weight is 441 g/mol. The normalized spacial score (nSPS) is 11.7. The first-order valence-electron chi connectivity index (χ1n) is 11.1. The van der Waals surface area contributed by atoms with Gasteiger partial charge in [-0.25, -0.2) is 0 Å². The monoisotopic (exact) mass is 440 g/mol. The molecule has 1 unspecified atom stereocenters. The molecule has 1 atom stereocenters. The van der Waals surface area contributed by atoms with E-state index in [0.717, 1.165) is 16.7 Å². The van der Waals surface area contributed by atoms with Crippen LogP contribution in [0, 0.1) is 12.8 Å². The number of hydrogen-bond acceptors (Lipinski definition) is 4. The van der Waals surface area contributed by atoms with Crippen LogP contribution in [0.15, 0.2) is 42.5 Å². The summed E-state index contributed by atoms with van der Waals surface area (Å²) >= 11 is 0. The summed E-state index contributed by atoms with van der Waals surface area (Å²) in [7, 11) is 3.18. The molecule has 174 valence electrons. The molecule has 0 aliphatic rings. The number of ether oxygens (including phenoxy) is 2. The number of nitrogens with zero attached hydrogens (tertiary/aromatic N) is 1. The van der Waals surface area contributed by atoms with Gasteiger partial charge in [0.05, 0.1) is 14.2 Å². The summed E-state index contributed by atoms with van der Waals surface area (Å²) in [6, 6.07) is 13.1. The minimum absolute atomic E-state index is 0.0624. The number of benzene rings is 2. The van der Waals surface area contributed by atoms with Gasteiger partial charge in [0.25, 0.3) is 0 Å². The summed E-state index contributed by atoms with van der Waals surface area (Å²) in [6.45, 7) is 8.88. The number of amides is 2. The van der Waals surface area contributed by atoms with Gasteiger partial charge < -0.3 is 19.7 Å². The molecule has 0 spiro atoms. The van der Waals surface area contributed by atoms with Crippen LogP contribution >= 0.6 is 0 Å². The van der Waals surface area contributed by atoms with E-state index in [4.69, 9.17) is 9.47 Å². The van der Waals surface area contributed by atoms with Gasteiger partial charge in [-0.05, 0) is 49.4 Å². The molecule has 0 heterocycles. The predicted molar refractivity (Wildman–Crippen MR) is 127 cm³/mol. The molecule has 0 aromatic heterocycles. The van der Waals surface area contributed by atoms with Gasteiger partial charge in [-0.2, -0.15) is 0 Å². The SMILES string of the molecule is COc1ccc(CCC(=O)N(Cc2ccc(C)cc2)C(C)C(=O)NCC(C)C)cc1OC. The van der Waals surface area contributed by atoms with E-state index in [0.29, 0.717) is 43.3 Å². The highest BCUT2D eigenvalue weighted by Crippen LogP contribution is 2.28. The van der Waals surface area contributed by atoms with Crippen LogP contribution in [0.2, 0.25) is 0 Å². The van der Waals surface area contributed by atoms with Crippen LogP contribution in [-0.2, 0) is 22.6 Å². The zero-order valence-corrected chi connectivity index (χ0v) is 20.1. The van der Waals surface area contributed by atoms with E-state index in [9.17, 15) is 9.59 Å². The molecule has 0 saturated carbocycles. The second kappa shape index (κ2) is 12.1. The molecule has 0 bridgehead atoms. The third-order valence-electron chi connectivity index (χ3n) is 5.40. The Morgan fingerprint density at radius 1 is 0.938 bits per heavy atom. The summed E-state index contributed by atoms with van der Waals surface area (Å²) in [5.74, 6) is 1.43. The Hall–Kier alpha value is -3.02. The zero-order chi connectivity index (χ0) is 23.7.